The average molecular weight is 346 g/mol. The second-order valence-electron chi connectivity index (χ2n) is 4.26. The van der Waals surface area contributed by atoms with Crippen molar-refractivity contribution < 1.29 is 17.9 Å². The minimum absolute atomic E-state index is 0.0138. The molecule has 20 heavy (non-hydrogen) atoms. The zero-order chi connectivity index (χ0) is 14.5. The molecule has 0 aliphatic carbocycles. The highest BCUT2D eigenvalue weighted by Crippen LogP contribution is 2.21. The van der Waals surface area contributed by atoms with E-state index in [0.29, 0.717) is 11.2 Å². The minimum Gasteiger partial charge on any atom is -0.453 e. The molecule has 0 amide bonds. The van der Waals surface area contributed by atoms with Crippen LogP contribution in [0.25, 0.3) is 0 Å². The predicted octanol–water partition coefficient (Wildman–Crippen LogP) is 4.49. The quantitative estimate of drug-likeness (QED) is 0.837. The van der Waals surface area contributed by atoms with Crippen LogP contribution in [-0.2, 0) is 6.54 Å². The highest BCUT2D eigenvalue weighted by atomic mass is 79.9. The first-order chi connectivity index (χ1) is 9.54. The van der Waals surface area contributed by atoms with E-state index in [1.807, 2.05) is 25.1 Å². The second-order valence-corrected chi connectivity index (χ2v) is 5.04. The molecule has 0 saturated heterocycles. The Morgan fingerprint density at radius 1 is 1.30 bits per heavy atom. The first-order valence-corrected chi connectivity index (χ1v) is 6.86. The summed E-state index contributed by atoms with van der Waals surface area (Å²) in [6, 6.07) is 10.3. The molecule has 1 aromatic heterocycles. The van der Waals surface area contributed by atoms with Gasteiger partial charge in [-0.1, -0.05) is 12.1 Å². The highest BCUT2D eigenvalue weighted by Gasteiger charge is 2.09. The summed E-state index contributed by atoms with van der Waals surface area (Å²) in [5.41, 5.74) is 0.869. The summed E-state index contributed by atoms with van der Waals surface area (Å²) in [5, 5.41) is 3.25. The molecule has 0 aliphatic rings. The van der Waals surface area contributed by atoms with E-state index in [0.717, 1.165) is 11.3 Å². The summed E-state index contributed by atoms with van der Waals surface area (Å²) < 4.78 is 34.8. The maximum atomic E-state index is 12.2. The number of nitrogens with one attached hydrogen (secondary N) is 1. The summed E-state index contributed by atoms with van der Waals surface area (Å²) >= 11 is 3.23. The highest BCUT2D eigenvalue weighted by molar-refractivity contribution is 9.10. The van der Waals surface area contributed by atoms with Crippen LogP contribution in [0.15, 0.2) is 45.5 Å². The van der Waals surface area contributed by atoms with Gasteiger partial charge in [-0.25, -0.2) is 0 Å². The fourth-order valence-corrected chi connectivity index (χ4v) is 2.12. The Morgan fingerprint density at radius 2 is 2.10 bits per heavy atom. The Morgan fingerprint density at radius 3 is 2.75 bits per heavy atom. The molecule has 2 aromatic rings. The number of alkyl halides is 2. The van der Waals surface area contributed by atoms with Crippen LogP contribution in [0.4, 0.5) is 8.78 Å². The standard InChI is InChI=1S/C14H14BrF2NO2/c1-9(18-8-12-5-6-13(15)19-12)10-3-2-4-11(7-10)20-14(16)17/h2-7,9,14,18H,8H2,1H3. The number of benzene rings is 1. The van der Waals surface area contributed by atoms with Gasteiger partial charge >= 0.3 is 6.61 Å². The lowest BCUT2D eigenvalue weighted by molar-refractivity contribution is -0.0499. The van der Waals surface area contributed by atoms with Gasteiger partial charge in [0.2, 0.25) is 0 Å². The summed E-state index contributed by atoms with van der Waals surface area (Å²) in [5.74, 6) is 0.954. The van der Waals surface area contributed by atoms with E-state index < -0.39 is 6.61 Å². The van der Waals surface area contributed by atoms with Crippen molar-refractivity contribution in [2.75, 3.05) is 0 Å². The van der Waals surface area contributed by atoms with Crippen molar-refractivity contribution in [2.45, 2.75) is 26.1 Å². The maximum Gasteiger partial charge on any atom is 0.387 e. The van der Waals surface area contributed by atoms with E-state index in [4.69, 9.17) is 4.42 Å². The van der Waals surface area contributed by atoms with Gasteiger partial charge in [0.05, 0.1) is 6.54 Å². The summed E-state index contributed by atoms with van der Waals surface area (Å²) in [7, 11) is 0. The minimum atomic E-state index is -2.81. The first kappa shape index (κ1) is 15.0. The van der Waals surface area contributed by atoms with E-state index in [9.17, 15) is 8.78 Å². The first-order valence-electron chi connectivity index (χ1n) is 6.07. The molecule has 1 heterocycles. The number of rotatable bonds is 6. The molecular formula is C14H14BrF2NO2. The Labute approximate surface area is 124 Å². The predicted molar refractivity (Wildman–Crippen MR) is 74.7 cm³/mol. The molecule has 1 N–H and O–H groups in total. The largest absolute Gasteiger partial charge is 0.453 e. The Balaban J connectivity index is 1.96. The van der Waals surface area contributed by atoms with Gasteiger partial charge in [0.25, 0.3) is 0 Å². The van der Waals surface area contributed by atoms with E-state index in [2.05, 4.69) is 26.0 Å². The molecule has 2 rings (SSSR count). The van der Waals surface area contributed by atoms with Crippen molar-refractivity contribution in [3.8, 4) is 5.75 Å². The molecule has 0 spiro atoms. The summed E-state index contributed by atoms with van der Waals surface area (Å²) in [4.78, 5) is 0. The van der Waals surface area contributed by atoms with E-state index in [1.165, 1.54) is 6.07 Å². The van der Waals surface area contributed by atoms with Crippen LogP contribution < -0.4 is 10.1 Å². The molecular weight excluding hydrogens is 332 g/mol. The van der Waals surface area contributed by atoms with Crippen molar-refractivity contribution >= 4 is 15.9 Å². The van der Waals surface area contributed by atoms with Crippen LogP contribution in [0, 0.1) is 0 Å². The molecule has 1 aromatic carbocycles. The number of furan rings is 1. The molecule has 0 bridgehead atoms. The lowest BCUT2D eigenvalue weighted by atomic mass is 10.1. The monoisotopic (exact) mass is 345 g/mol. The summed E-state index contributed by atoms with van der Waals surface area (Å²) in [6.45, 7) is -0.319. The van der Waals surface area contributed by atoms with Gasteiger partial charge in [0, 0.05) is 6.04 Å². The van der Waals surface area contributed by atoms with Gasteiger partial charge in [-0.05, 0) is 52.7 Å². The van der Waals surface area contributed by atoms with E-state index in [-0.39, 0.29) is 11.8 Å². The van der Waals surface area contributed by atoms with Crippen LogP contribution in [0.2, 0.25) is 0 Å². The number of ether oxygens (including phenoxy) is 1. The maximum absolute atomic E-state index is 12.2. The number of halogens is 3. The Kier molecular flexibility index (Phi) is 5.14. The van der Waals surface area contributed by atoms with Crippen molar-refractivity contribution in [2.24, 2.45) is 0 Å². The third-order valence-corrected chi connectivity index (χ3v) is 3.22. The second kappa shape index (κ2) is 6.85. The Hall–Kier alpha value is -1.40. The Bertz CT molecular complexity index is 560. The number of hydrogen-bond acceptors (Lipinski definition) is 3. The molecule has 6 heteroatoms. The van der Waals surface area contributed by atoms with Crippen molar-refractivity contribution in [1.82, 2.24) is 5.32 Å². The number of hydrogen-bond donors (Lipinski definition) is 1. The smallest absolute Gasteiger partial charge is 0.387 e. The van der Waals surface area contributed by atoms with Crippen molar-refractivity contribution in [3.63, 3.8) is 0 Å². The van der Waals surface area contributed by atoms with Crippen LogP contribution >= 0.6 is 15.9 Å². The van der Waals surface area contributed by atoms with Crippen molar-refractivity contribution in [3.05, 3.63) is 52.4 Å². The summed E-state index contributed by atoms with van der Waals surface area (Å²) in [6.07, 6.45) is 0. The molecule has 0 aliphatic heterocycles. The third kappa shape index (κ3) is 4.31. The average Bonchev–Trinajstić information content (AvgIpc) is 2.81. The zero-order valence-corrected chi connectivity index (χ0v) is 12.4. The van der Waals surface area contributed by atoms with Crippen LogP contribution in [0.1, 0.15) is 24.3 Å². The molecule has 108 valence electrons. The molecule has 3 nitrogen and oxygen atoms in total. The lowest BCUT2D eigenvalue weighted by Crippen LogP contribution is -2.17. The fourth-order valence-electron chi connectivity index (χ4n) is 1.78. The van der Waals surface area contributed by atoms with E-state index >= 15 is 0 Å². The van der Waals surface area contributed by atoms with Gasteiger partial charge in [0.15, 0.2) is 4.67 Å². The zero-order valence-electron chi connectivity index (χ0n) is 10.8. The molecule has 0 radical (unpaired) electrons. The molecule has 0 saturated carbocycles. The molecule has 1 unspecified atom stereocenters. The molecule has 1 atom stereocenters. The van der Waals surface area contributed by atoms with Gasteiger partial charge in [0.1, 0.15) is 11.5 Å². The fraction of sp³-hybridized carbons (Fsp3) is 0.286. The normalized spacial score (nSPS) is 12.7. The van der Waals surface area contributed by atoms with Gasteiger partial charge in [-0.2, -0.15) is 8.78 Å². The lowest BCUT2D eigenvalue weighted by Gasteiger charge is -2.14. The van der Waals surface area contributed by atoms with Crippen LogP contribution in [0.3, 0.4) is 0 Å². The third-order valence-electron chi connectivity index (χ3n) is 2.79. The van der Waals surface area contributed by atoms with Crippen LogP contribution in [-0.4, -0.2) is 6.61 Å². The SMILES string of the molecule is CC(NCc1ccc(Br)o1)c1cccc(OC(F)F)c1. The topological polar surface area (TPSA) is 34.4 Å². The van der Waals surface area contributed by atoms with Gasteiger partial charge in [-0.3, -0.25) is 0 Å². The van der Waals surface area contributed by atoms with Gasteiger partial charge < -0.3 is 14.5 Å². The van der Waals surface area contributed by atoms with Crippen LogP contribution in [0.5, 0.6) is 5.75 Å². The van der Waals surface area contributed by atoms with Gasteiger partial charge in [-0.15, -0.1) is 0 Å². The molecule has 0 fully saturated rings. The van der Waals surface area contributed by atoms with Crippen molar-refractivity contribution in [1.29, 1.82) is 0 Å². The van der Waals surface area contributed by atoms with E-state index in [1.54, 1.807) is 12.1 Å².